The van der Waals surface area contributed by atoms with Crippen LogP contribution in [0.4, 0.5) is 18.0 Å². The number of carbonyl (C=O) groups is 4. The molecule has 3 aliphatic carbocycles. The van der Waals surface area contributed by atoms with E-state index in [4.69, 9.17) is 18.9 Å². The van der Waals surface area contributed by atoms with Gasteiger partial charge in [0.25, 0.3) is 5.91 Å². The number of hydrogen-bond donors (Lipinski definition) is 3. The van der Waals surface area contributed by atoms with E-state index in [1.54, 1.807) is 38.3 Å². The van der Waals surface area contributed by atoms with Crippen molar-refractivity contribution in [2.45, 2.75) is 143 Å². The van der Waals surface area contributed by atoms with Crippen LogP contribution in [0.15, 0.2) is 42.5 Å². The van der Waals surface area contributed by atoms with Gasteiger partial charge in [-0.2, -0.15) is 13.2 Å². The minimum atomic E-state index is -4.95. The number of amides is 4. The Labute approximate surface area is 370 Å². The van der Waals surface area contributed by atoms with Gasteiger partial charge in [-0.3, -0.25) is 19.1 Å². The van der Waals surface area contributed by atoms with E-state index in [2.05, 4.69) is 20.3 Å². The summed E-state index contributed by atoms with van der Waals surface area (Å²) in [6.45, 7) is 3.74. The van der Waals surface area contributed by atoms with E-state index >= 15 is 0 Å². The van der Waals surface area contributed by atoms with Crippen molar-refractivity contribution in [1.82, 2.24) is 25.2 Å². The standard InChI is InChI=1S/C45H56F3N5O10S/c1-41(17-9-18-41)63-40(57)50-33-12-8-6-4-5-7-11-28-15-20-44(28,39(56)52-64(58,59)42(2)21-22-42)51-37(54)34-26-43(27-53(34)38(33)55)19-16-30-31-25-29(61-24-10-23-60-3)13-14-32(31)49-36(35(30)62-43)45(46,47)48/h7,11,13-15,20,25,28,33-34H,4-6,8-10,12,16-19,21-24,26-27H2,1-3H3,(H,50,57)(H,51,54)(H,52,56)/b11-7-/t28-,33+,34+,43-,44-/m1/s1. The van der Waals surface area contributed by atoms with Gasteiger partial charge in [0, 0.05) is 43.4 Å². The molecule has 3 aliphatic heterocycles. The molecule has 5 atom stereocenters. The van der Waals surface area contributed by atoms with Crippen molar-refractivity contribution >= 4 is 44.7 Å². The average molecular weight is 916 g/mol. The van der Waals surface area contributed by atoms with Crippen molar-refractivity contribution in [3.05, 3.63) is 53.8 Å². The molecule has 1 saturated heterocycles. The molecule has 19 heteroatoms. The number of aromatic nitrogens is 1. The predicted octanol–water partition coefficient (Wildman–Crippen LogP) is 5.93. The summed E-state index contributed by atoms with van der Waals surface area (Å²) >= 11 is 0. The molecule has 4 heterocycles. The first kappa shape index (κ1) is 45.7. The third kappa shape index (κ3) is 8.90. The zero-order chi connectivity index (χ0) is 45.7. The number of carbonyl (C=O) groups excluding carboxylic acids is 4. The highest BCUT2D eigenvalue weighted by Gasteiger charge is 2.59. The number of pyridine rings is 1. The van der Waals surface area contributed by atoms with Crippen LogP contribution in [0.3, 0.4) is 0 Å². The summed E-state index contributed by atoms with van der Waals surface area (Å²) in [6.07, 6.45) is 6.80. The maximum absolute atomic E-state index is 15.0. The number of alkyl carbamates (subject to hydrolysis) is 1. The molecule has 1 aromatic heterocycles. The van der Waals surface area contributed by atoms with Crippen LogP contribution < -0.4 is 24.8 Å². The molecule has 6 aliphatic rings. The van der Waals surface area contributed by atoms with Crippen LogP contribution in [-0.4, -0.2) is 103 Å². The number of rotatable bonds is 10. The number of alkyl halides is 3. The van der Waals surface area contributed by atoms with Crippen LogP contribution in [-0.2, 0) is 46.5 Å². The van der Waals surface area contributed by atoms with Gasteiger partial charge in [-0.05, 0) is 96.3 Å². The number of fused-ring (bicyclic) bond motifs is 5. The number of halogens is 3. The van der Waals surface area contributed by atoms with Gasteiger partial charge in [0.15, 0.2) is 11.4 Å². The highest BCUT2D eigenvalue weighted by atomic mass is 32.2. The first-order valence-electron chi connectivity index (χ1n) is 22.2. The lowest BCUT2D eigenvalue weighted by molar-refractivity contribution is -0.144. The highest BCUT2D eigenvalue weighted by Crippen LogP contribution is 2.49. The van der Waals surface area contributed by atoms with E-state index in [0.29, 0.717) is 82.1 Å². The van der Waals surface area contributed by atoms with Gasteiger partial charge >= 0.3 is 12.3 Å². The summed E-state index contributed by atoms with van der Waals surface area (Å²) in [5.74, 6) is -3.38. The number of benzene rings is 1. The van der Waals surface area contributed by atoms with Gasteiger partial charge < -0.3 is 34.5 Å². The van der Waals surface area contributed by atoms with Gasteiger partial charge in [-0.25, -0.2) is 18.2 Å². The van der Waals surface area contributed by atoms with E-state index in [9.17, 15) is 40.8 Å². The molecule has 3 fully saturated rings. The largest absolute Gasteiger partial charge is 0.493 e. The first-order valence-corrected chi connectivity index (χ1v) is 23.7. The lowest BCUT2D eigenvalue weighted by atomic mass is 9.73. The Kier molecular flexibility index (Phi) is 12.2. The van der Waals surface area contributed by atoms with E-state index in [1.807, 2.05) is 6.08 Å². The van der Waals surface area contributed by atoms with Crippen LogP contribution >= 0.6 is 0 Å². The number of nitrogens with one attached hydrogen (secondary N) is 3. The third-order valence-electron chi connectivity index (χ3n) is 13.9. The number of nitrogens with zero attached hydrogens (tertiary/aromatic N) is 2. The van der Waals surface area contributed by atoms with Crippen molar-refractivity contribution in [3.63, 3.8) is 0 Å². The van der Waals surface area contributed by atoms with Gasteiger partial charge in [-0.15, -0.1) is 0 Å². The fourth-order valence-electron chi connectivity index (χ4n) is 9.36. The van der Waals surface area contributed by atoms with Crippen molar-refractivity contribution < 1.29 is 59.7 Å². The number of sulfonamides is 1. The van der Waals surface area contributed by atoms with E-state index in [-0.39, 0.29) is 43.3 Å². The summed E-state index contributed by atoms with van der Waals surface area (Å²) in [4.78, 5) is 62.6. The topological polar surface area (TPSA) is 192 Å². The molecule has 3 N–H and O–H groups in total. The van der Waals surface area contributed by atoms with Crippen LogP contribution in [0, 0.1) is 5.92 Å². The first-order chi connectivity index (χ1) is 30.3. The van der Waals surface area contributed by atoms with Crippen molar-refractivity contribution in [3.8, 4) is 11.5 Å². The van der Waals surface area contributed by atoms with Crippen LogP contribution in [0.1, 0.15) is 109 Å². The summed E-state index contributed by atoms with van der Waals surface area (Å²) in [7, 11) is -2.58. The molecule has 0 unspecified atom stereocenters. The quantitative estimate of drug-likeness (QED) is 0.189. The van der Waals surface area contributed by atoms with Gasteiger partial charge in [0.2, 0.25) is 21.8 Å². The summed E-state index contributed by atoms with van der Waals surface area (Å²) in [5.41, 5.74) is -5.07. The van der Waals surface area contributed by atoms with Gasteiger partial charge in [0.05, 0.1) is 23.4 Å². The fraction of sp³-hybridized carbons (Fsp3) is 0.622. The number of allylic oxidation sites excluding steroid dienone is 1. The second kappa shape index (κ2) is 17.1. The van der Waals surface area contributed by atoms with Crippen LogP contribution in [0.2, 0.25) is 0 Å². The Morgan fingerprint density at radius 1 is 1.03 bits per heavy atom. The summed E-state index contributed by atoms with van der Waals surface area (Å²) in [6, 6.07) is 2.01. The maximum atomic E-state index is 15.0. The number of ether oxygens (including phenoxy) is 4. The van der Waals surface area contributed by atoms with Crippen LogP contribution in [0.5, 0.6) is 11.5 Å². The van der Waals surface area contributed by atoms with Crippen LogP contribution in [0.25, 0.3) is 10.9 Å². The molecule has 4 amide bonds. The van der Waals surface area contributed by atoms with Crippen molar-refractivity contribution in [2.24, 2.45) is 5.92 Å². The van der Waals surface area contributed by atoms with E-state index in [0.717, 1.165) is 6.42 Å². The summed E-state index contributed by atoms with van der Waals surface area (Å²) in [5, 5.41) is 5.92. The summed E-state index contributed by atoms with van der Waals surface area (Å²) < 4.78 is 95.8. The maximum Gasteiger partial charge on any atom is 0.437 e. The second-order valence-electron chi connectivity index (χ2n) is 18.7. The molecule has 0 bridgehead atoms. The number of aryl methyl sites for hydroxylation is 1. The molecule has 8 rings (SSSR count). The molecule has 15 nitrogen and oxygen atoms in total. The fourth-order valence-corrected chi connectivity index (χ4v) is 10.7. The zero-order valence-electron chi connectivity index (χ0n) is 36.3. The SMILES string of the molecule is COCCCOc1ccc2nc(C(F)(F)F)c3c(c2c1)CC[C@]1(C[C@H]2C(=O)N[C@]4(C(=O)NS(=O)(=O)C5(C)CC5)C=C[C@H]4/C=C\CCCCC[C@H](NC(=O)OC4(C)CCC4)C(=O)N2C1)O3. The lowest BCUT2D eigenvalue weighted by Crippen LogP contribution is -2.67. The average Bonchev–Trinajstić information content (AvgIpc) is 3.89. The van der Waals surface area contributed by atoms with Gasteiger partial charge in [0.1, 0.15) is 34.6 Å². The minimum absolute atomic E-state index is 0.0477. The number of hydrogen-bond acceptors (Lipinski definition) is 11. The molecule has 2 saturated carbocycles. The minimum Gasteiger partial charge on any atom is -0.493 e. The molecule has 2 aromatic rings. The normalized spacial score (nSPS) is 29.0. The highest BCUT2D eigenvalue weighted by molar-refractivity contribution is 7.91. The third-order valence-corrected chi connectivity index (χ3v) is 16.0. The smallest absolute Gasteiger partial charge is 0.437 e. The Bertz CT molecular complexity index is 2370. The molecule has 1 aromatic carbocycles. The molecule has 1 spiro atoms. The van der Waals surface area contributed by atoms with Crippen molar-refractivity contribution in [2.75, 3.05) is 26.9 Å². The Morgan fingerprint density at radius 3 is 2.48 bits per heavy atom. The molecular formula is C45H56F3N5O10S. The van der Waals surface area contributed by atoms with Gasteiger partial charge in [-0.1, -0.05) is 37.1 Å². The molecular weight excluding hydrogens is 860 g/mol. The Balaban J connectivity index is 1.16. The zero-order valence-corrected chi connectivity index (χ0v) is 37.1. The van der Waals surface area contributed by atoms with Crippen molar-refractivity contribution in [1.29, 1.82) is 0 Å². The number of methoxy groups -OCH3 is 1. The predicted molar refractivity (Wildman–Crippen MR) is 227 cm³/mol. The van der Waals surface area contributed by atoms with E-state index < -0.39 is 90.9 Å². The molecule has 64 heavy (non-hydrogen) atoms. The monoisotopic (exact) mass is 915 g/mol. The Morgan fingerprint density at radius 2 is 1.81 bits per heavy atom. The second-order valence-corrected chi connectivity index (χ2v) is 20.9. The molecule has 348 valence electrons. The lowest BCUT2D eigenvalue weighted by Gasteiger charge is -2.42. The Hall–Kier alpha value is -4.91. The van der Waals surface area contributed by atoms with E-state index in [1.165, 1.54) is 24.0 Å². The molecule has 0 radical (unpaired) electrons.